The zero-order valence-electron chi connectivity index (χ0n) is 5.64. The maximum atomic E-state index is 11.0. The van der Waals surface area contributed by atoms with E-state index in [4.69, 9.17) is 0 Å². The molecule has 1 heterocycles. The molecule has 62 valence electrons. The van der Waals surface area contributed by atoms with Gasteiger partial charge in [0.1, 0.15) is 4.90 Å². The molecule has 11 heavy (non-hydrogen) atoms. The van der Waals surface area contributed by atoms with Gasteiger partial charge < -0.3 is 0 Å². The molecule has 0 atom stereocenters. The minimum atomic E-state index is -3.55. The minimum Gasteiger partial charge on any atom is -0.270 e. The van der Waals surface area contributed by atoms with E-state index in [0.29, 0.717) is 4.90 Å². The van der Waals surface area contributed by atoms with E-state index >= 15 is 0 Å². The van der Waals surface area contributed by atoms with Crippen molar-refractivity contribution in [3.63, 3.8) is 0 Å². The van der Waals surface area contributed by atoms with Crippen LogP contribution < -0.4 is 0 Å². The lowest BCUT2D eigenvalue weighted by atomic mass is 10.7. The van der Waals surface area contributed by atoms with Crippen molar-refractivity contribution in [2.75, 3.05) is 7.11 Å². The van der Waals surface area contributed by atoms with Gasteiger partial charge in [-0.05, 0) is 0 Å². The predicted octanol–water partition coefficient (Wildman–Crippen LogP) is 1.37. The smallest absolute Gasteiger partial charge is 0.270 e. The highest BCUT2D eigenvalue weighted by molar-refractivity contribution is 7.88. The molecule has 0 spiro atoms. The first-order valence-corrected chi connectivity index (χ1v) is 5.43. The molecule has 0 aromatic carbocycles. The normalized spacial score (nSPS) is 11.8. The molecule has 3 nitrogen and oxygen atoms in total. The summed E-state index contributed by atoms with van der Waals surface area (Å²) >= 11 is 5.22. The van der Waals surface area contributed by atoms with Crippen LogP contribution in [0.5, 0.6) is 0 Å². The maximum Gasteiger partial charge on any atom is 0.298 e. The van der Waals surface area contributed by atoms with Gasteiger partial charge in [0.05, 0.1) is 7.11 Å². The standard InChI is InChI=1S/C5H6O3S3/c1-8-11(6,7)5-3-10-2-4(5)9/h2-3,9H,1H3. The molecule has 0 aliphatic heterocycles. The van der Waals surface area contributed by atoms with Gasteiger partial charge >= 0.3 is 0 Å². The Hall–Kier alpha value is -0.0400. The molecule has 0 unspecified atom stereocenters. The van der Waals surface area contributed by atoms with Gasteiger partial charge in [0.2, 0.25) is 0 Å². The second kappa shape index (κ2) is 3.14. The van der Waals surface area contributed by atoms with Gasteiger partial charge in [0, 0.05) is 15.7 Å². The van der Waals surface area contributed by atoms with Crippen molar-refractivity contribution in [1.29, 1.82) is 0 Å². The Labute approximate surface area is 74.5 Å². The summed E-state index contributed by atoms with van der Waals surface area (Å²) in [6.07, 6.45) is 0. The molecule has 6 heteroatoms. The average molecular weight is 210 g/mol. The quantitative estimate of drug-likeness (QED) is 0.592. The Morgan fingerprint density at radius 3 is 2.55 bits per heavy atom. The van der Waals surface area contributed by atoms with E-state index in [1.54, 1.807) is 5.38 Å². The van der Waals surface area contributed by atoms with E-state index < -0.39 is 10.1 Å². The largest absolute Gasteiger partial charge is 0.298 e. The Morgan fingerprint density at radius 2 is 2.18 bits per heavy atom. The van der Waals surface area contributed by atoms with Crippen LogP contribution >= 0.6 is 24.0 Å². The summed E-state index contributed by atoms with van der Waals surface area (Å²) in [6, 6.07) is 0. The molecule has 1 rings (SSSR count). The summed E-state index contributed by atoms with van der Waals surface area (Å²) in [6.45, 7) is 0. The van der Waals surface area contributed by atoms with Gasteiger partial charge in [-0.2, -0.15) is 8.42 Å². The van der Waals surface area contributed by atoms with Crippen LogP contribution in [0.4, 0.5) is 0 Å². The zero-order chi connectivity index (χ0) is 8.48. The molecule has 1 aromatic heterocycles. The lowest BCUT2D eigenvalue weighted by Gasteiger charge is -1.97. The van der Waals surface area contributed by atoms with Crippen molar-refractivity contribution < 1.29 is 12.6 Å². The molecule has 0 radical (unpaired) electrons. The minimum absolute atomic E-state index is 0.133. The number of thiol groups is 1. The second-order valence-corrected chi connectivity index (χ2v) is 4.65. The van der Waals surface area contributed by atoms with E-state index in [-0.39, 0.29) is 4.90 Å². The van der Waals surface area contributed by atoms with Crippen LogP contribution in [-0.4, -0.2) is 15.5 Å². The SMILES string of the molecule is COS(=O)(=O)c1cscc1S. The molecule has 1 aromatic rings. The molecule has 0 fully saturated rings. The Morgan fingerprint density at radius 1 is 1.55 bits per heavy atom. The van der Waals surface area contributed by atoms with Gasteiger partial charge in [-0.1, -0.05) is 0 Å². The summed E-state index contributed by atoms with van der Waals surface area (Å²) in [5.74, 6) is 0. The van der Waals surface area contributed by atoms with E-state index in [1.165, 1.54) is 16.7 Å². The predicted molar refractivity (Wildman–Crippen MR) is 45.8 cm³/mol. The molecule has 0 aliphatic carbocycles. The van der Waals surface area contributed by atoms with Crippen molar-refractivity contribution in [2.45, 2.75) is 9.79 Å². The van der Waals surface area contributed by atoms with Crippen LogP contribution in [0.3, 0.4) is 0 Å². The fourth-order valence-electron chi connectivity index (χ4n) is 0.555. The van der Waals surface area contributed by atoms with Crippen LogP contribution in [0.2, 0.25) is 0 Å². The van der Waals surface area contributed by atoms with E-state index in [1.807, 2.05) is 0 Å². The highest BCUT2D eigenvalue weighted by Gasteiger charge is 2.16. The summed E-state index contributed by atoms with van der Waals surface area (Å²) in [7, 11) is -2.43. The van der Waals surface area contributed by atoms with E-state index in [0.717, 1.165) is 7.11 Å². The highest BCUT2D eigenvalue weighted by atomic mass is 32.2. The lowest BCUT2D eigenvalue weighted by molar-refractivity contribution is 0.396. The first-order valence-electron chi connectivity index (χ1n) is 2.63. The van der Waals surface area contributed by atoms with Crippen LogP contribution in [0.15, 0.2) is 20.6 Å². The zero-order valence-corrected chi connectivity index (χ0v) is 8.17. The molecule has 0 N–H and O–H groups in total. The molecule has 0 saturated carbocycles. The van der Waals surface area contributed by atoms with Crippen LogP contribution in [0.25, 0.3) is 0 Å². The number of rotatable bonds is 2. The fraction of sp³-hybridized carbons (Fsp3) is 0.200. The summed E-state index contributed by atoms with van der Waals surface area (Å²) in [4.78, 5) is 0.560. The first kappa shape index (κ1) is 9.05. The van der Waals surface area contributed by atoms with Crippen molar-refractivity contribution in [3.05, 3.63) is 10.8 Å². The van der Waals surface area contributed by atoms with Crippen molar-refractivity contribution in [1.82, 2.24) is 0 Å². The van der Waals surface area contributed by atoms with Crippen molar-refractivity contribution >= 4 is 34.1 Å². The molecular weight excluding hydrogens is 204 g/mol. The molecule has 0 amide bonds. The van der Waals surface area contributed by atoms with Gasteiger partial charge in [-0.3, -0.25) is 4.18 Å². The summed E-state index contributed by atoms with van der Waals surface area (Å²) < 4.78 is 26.3. The Kier molecular flexibility index (Phi) is 2.58. The van der Waals surface area contributed by atoms with E-state index in [2.05, 4.69) is 16.8 Å². The van der Waals surface area contributed by atoms with Gasteiger partial charge in [-0.25, -0.2) is 0 Å². The summed E-state index contributed by atoms with van der Waals surface area (Å²) in [5.41, 5.74) is 0. The monoisotopic (exact) mass is 210 g/mol. The van der Waals surface area contributed by atoms with Crippen LogP contribution in [-0.2, 0) is 14.3 Å². The number of hydrogen-bond donors (Lipinski definition) is 1. The third-order valence-electron chi connectivity index (χ3n) is 1.10. The third kappa shape index (κ3) is 1.76. The average Bonchev–Trinajstić information content (AvgIpc) is 2.36. The van der Waals surface area contributed by atoms with Gasteiger partial charge in [0.15, 0.2) is 0 Å². The van der Waals surface area contributed by atoms with Crippen LogP contribution in [0.1, 0.15) is 0 Å². The highest BCUT2D eigenvalue weighted by Crippen LogP contribution is 2.24. The van der Waals surface area contributed by atoms with Crippen molar-refractivity contribution in [3.8, 4) is 0 Å². The first-order chi connectivity index (χ1) is 5.08. The Balaban J connectivity index is 3.22. The summed E-state index contributed by atoms with van der Waals surface area (Å²) in [5, 5.41) is 3.12. The topological polar surface area (TPSA) is 43.4 Å². The molecule has 0 saturated heterocycles. The third-order valence-corrected chi connectivity index (χ3v) is 4.00. The van der Waals surface area contributed by atoms with Gasteiger partial charge in [0.25, 0.3) is 10.1 Å². The van der Waals surface area contributed by atoms with E-state index in [9.17, 15) is 8.42 Å². The van der Waals surface area contributed by atoms with Crippen LogP contribution in [0, 0.1) is 0 Å². The molecule has 0 bridgehead atoms. The Bertz CT molecular complexity index is 338. The van der Waals surface area contributed by atoms with Crippen molar-refractivity contribution in [2.24, 2.45) is 0 Å². The van der Waals surface area contributed by atoms with Gasteiger partial charge in [-0.15, -0.1) is 24.0 Å². The maximum absolute atomic E-state index is 11.0. The second-order valence-electron chi connectivity index (χ2n) is 1.74. The molecular formula is C5H6O3S3. The fourth-order valence-corrected chi connectivity index (χ4v) is 3.01. The lowest BCUT2D eigenvalue weighted by Crippen LogP contribution is -2.01. The number of hydrogen-bond acceptors (Lipinski definition) is 5. The molecule has 0 aliphatic rings. The number of thiophene rings is 1.